The summed E-state index contributed by atoms with van der Waals surface area (Å²) in [5.74, 6) is -4.97. The number of amides is 7. The molecule has 0 fully saturated rings. The van der Waals surface area contributed by atoms with Gasteiger partial charge in [0, 0.05) is 6.92 Å². The minimum Gasteiger partial charge on any atom is -0.368 e. The molecule has 0 aromatic rings. The number of carbonyl (C=O) groups excluding carboxylic acids is 7. The fourth-order valence-corrected chi connectivity index (χ4v) is 5.87. The Hall–Kier alpha value is -3.79. The van der Waals surface area contributed by atoms with Crippen molar-refractivity contribution in [3.63, 3.8) is 0 Å². The van der Waals surface area contributed by atoms with Crippen LogP contribution in [0.15, 0.2) is 0 Å². The molecule has 0 rings (SSSR count). The Morgan fingerprint density at radius 3 is 1.19 bits per heavy atom. The highest BCUT2D eigenvalue weighted by Gasteiger charge is 2.37. The third-order valence-electron chi connectivity index (χ3n) is 9.97. The number of hydrogen-bond donors (Lipinski definition) is 9. The Bertz CT molecular complexity index is 1200. The average molecular weight is 768 g/mol. The highest BCUT2D eigenvalue weighted by atomic mass is 16.2. The molecule has 0 unspecified atom stereocenters. The minimum absolute atomic E-state index is 0.00892. The standard InChI is InChI=1S/C38H73N9O7/c1-10-23(6)30(36(52)44-29(21-22(4)5)35(51)43-27(33(41)49)17-13-15-19-39)46-38(54)32(25(8)12-3)47-37(53)31(24(7)11-2)45-34(50)28(42-26(9)48)18-14-16-20-40/h22-25,27-32H,10-21,39-40H2,1-9H3,(H2,41,49)(H,42,48)(H,43,51)(H,44,52)(H,45,50)(H,46,54)(H,47,53)/t23-,24-,25-,27-,28-,29-,30-,31-,32-/m0/s1. The molecule has 0 bridgehead atoms. The number of unbranched alkanes of at least 4 members (excludes halogenated alkanes) is 2. The molecule has 12 N–H and O–H groups in total. The van der Waals surface area contributed by atoms with Crippen LogP contribution < -0.4 is 49.1 Å². The van der Waals surface area contributed by atoms with Gasteiger partial charge in [-0.3, -0.25) is 33.6 Å². The first-order valence-corrected chi connectivity index (χ1v) is 19.9. The van der Waals surface area contributed by atoms with E-state index in [2.05, 4.69) is 31.9 Å². The van der Waals surface area contributed by atoms with Crippen molar-refractivity contribution in [1.29, 1.82) is 0 Å². The molecular weight excluding hydrogens is 694 g/mol. The van der Waals surface area contributed by atoms with Crippen LogP contribution in [0.3, 0.4) is 0 Å². The first kappa shape index (κ1) is 50.2. The topological polar surface area (TPSA) is 270 Å². The fraction of sp³-hybridized carbons (Fsp3) is 0.816. The first-order chi connectivity index (χ1) is 25.4. The Morgan fingerprint density at radius 2 is 0.833 bits per heavy atom. The normalized spacial score (nSPS) is 16.3. The van der Waals surface area contributed by atoms with E-state index in [-0.39, 0.29) is 36.0 Å². The molecule has 0 aliphatic carbocycles. The number of hydrogen-bond acceptors (Lipinski definition) is 9. The van der Waals surface area contributed by atoms with Crippen molar-refractivity contribution in [3.8, 4) is 0 Å². The van der Waals surface area contributed by atoms with Crippen LogP contribution in [0.5, 0.6) is 0 Å². The number of nitrogens with two attached hydrogens (primary N) is 3. The van der Waals surface area contributed by atoms with Gasteiger partial charge in [0.25, 0.3) is 0 Å². The molecule has 0 aromatic heterocycles. The molecule has 0 spiro atoms. The lowest BCUT2D eigenvalue weighted by Gasteiger charge is -2.32. The smallest absolute Gasteiger partial charge is 0.243 e. The molecule has 16 heteroatoms. The van der Waals surface area contributed by atoms with Gasteiger partial charge < -0.3 is 49.1 Å². The van der Waals surface area contributed by atoms with Gasteiger partial charge in [0.1, 0.15) is 36.3 Å². The van der Waals surface area contributed by atoms with Crippen molar-refractivity contribution in [3.05, 3.63) is 0 Å². The summed E-state index contributed by atoms with van der Waals surface area (Å²) in [6, 6.07) is -5.97. The second-order valence-electron chi connectivity index (χ2n) is 15.1. The lowest BCUT2D eigenvalue weighted by molar-refractivity contribution is -0.137. The quantitative estimate of drug-likeness (QED) is 0.0510. The van der Waals surface area contributed by atoms with Crippen LogP contribution in [0.2, 0.25) is 0 Å². The van der Waals surface area contributed by atoms with Gasteiger partial charge >= 0.3 is 0 Å². The molecule has 0 aliphatic rings. The van der Waals surface area contributed by atoms with Gasteiger partial charge in [-0.2, -0.15) is 0 Å². The SMILES string of the molecule is CC[C@H](C)[C@H](NC(=O)[C@H](CCCCN)NC(C)=O)C(=O)N[C@H](C(=O)N[C@H](C(=O)N[C@@H](CC(C)C)C(=O)N[C@@H](CCCCN)C(N)=O)[C@@H](C)CC)[C@@H](C)CC. The lowest BCUT2D eigenvalue weighted by Crippen LogP contribution is -2.62. The first-order valence-electron chi connectivity index (χ1n) is 19.9. The predicted molar refractivity (Wildman–Crippen MR) is 210 cm³/mol. The zero-order chi connectivity index (χ0) is 41.5. The summed E-state index contributed by atoms with van der Waals surface area (Å²) in [4.78, 5) is 92.6. The highest BCUT2D eigenvalue weighted by Crippen LogP contribution is 2.16. The van der Waals surface area contributed by atoms with Gasteiger partial charge in [0.15, 0.2) is 0 Å². The lowest BCUT2D eigenvalue weighted by atomic mass is 9.93. The van der Waals surface area contributed by atoms with E-state index >= 15 is 0 Å². The van der Waals surface area contributed by atoms with Crippen LogP contribution in [0, 0.1) is 23.7 Å². The van der Waals surface area contributed by atoms with Crippen molar-refractivity contribution >= 4 is 41.4 Å². The van der Waals surface area contributed by atoms with E-state index in [1.165, 1.54) is 6.92 Å². The molecule has 54 heavy (non-hydrogen) atoms. The Kier molecular flexibility index (Phi) is 25.0. The van der Waals surface area contributed by atoms with Crippen molar-refractivity contribution < 1.29 is 33.6 Å². The van der Waals surface area contributed by atoms with Gasteiger partial charge in [-0.05, 0) is 81.7 Å². The molecule has 16 nitrogen and oxygen atoms in total. The van der Waals surface area contributed by atoms with Crippen LogP contribution in [-0.4, -0.2) is 90.7 Å². The minimum atomic E-state index is -1.07. The summed E-state index contributed by atoms with van der Waals surface area (Å²) in [5.41, 5.74) is 16.7. The zero-order valence-corrected chi connectivity index (χ0v) is 34.3. The monoisotopic (exact) mass is 768 g/mol. The molecule has 0 aromatic carbocycles. The summed E-state index contributed by atoms with van der Waals surface area (Å²) in [6.07, 6.45) is 4.96. The van der Waals surface area contributed by atoms with E-state index in [1.54, 1.807) is 13.8 Å². The van der Waals surface area contributed by atoms with Crippen LogP contribution in [0.25, 0.3) is 0 Å². The third kappa shape index (κ3) is 18.5. The molecule has 9 atom stereocenters. The molecular formula is C38H73N9O7. The van der Waals surface area contributed by atoms with Crippen molar-refractivity contribution in [2.45, 2.75) is 163 Å². The van der Waals surface area contributed by atoms with E-state index in [9.17, 15) is 33.6 Å². The van der Waals surface area contributed by atoms with Crippen LogP contribution >= 0.6 is 0 Å². The Labute approximate surface area is 323 Å². The summed E-state index contributed by atoms with van der Waals surface area (Å²) in [6.45, 7) is 17.0. The van der Waals surface area contributed by atoms with E-state index in [0.717, 1.165) is 0 Å². The molecule has 0 aliphatic heterocycles. The van der Waals surface area contributed by atoms with Gasteiger partial charge in [0.2, 0.25) is 41.4 Å². The third-order valence-corrected chi connectivity index (χ3v) is 9.97. The van der Waals surface area contributed by atoms with Crippen LogP contribution in [0.1, 0.15) is 127 Å². The van der Waals surface area contributed by atoms with Gasteiger partial charge in [-0.15, -0.1) is 0 Å². The summed E-state index contributed by atoms with van der Waals surface area (Å²) < 4.78 is 0. The number of rotatable bonds is 28. The van der Waals surface area contributed by atoms with Gasteiger partial charge in [0.05, 0.1) is 0 Å². The Balaban J connectivity index is 6.30. The molecule has 0 radical (unpaired) electrons. The van der Waals surface area contributed by atoms with Crippen molar-refractivity contribution in [2.24, 2.45) is 40.9 Å². The van der Waals surface area contributed by atoms with Crippen LogP contribution in [-0.2, 0) is 33.6 Å². The van der Waals surface area contributed by atoms with Crippen molar-refractivity contribution in [2.75, 3.05) is 13.1 Å². The second-order valence-corrected chi connectivity index (χ2v) is 15.1. The van der Waals surface area contributed by atoms with E-state index < -0.39 is 71.7 Å². The maximum Gasteiger partial charge on any atom is 0.243 e. The van der Waals surface area contributed by atoms with Crippen molar-refractivity contribution in [1.82, 2.24) is 31.9 Å². The second kappa shape index (κ2) is 26.9. The average Bonchev–Trinajstić information content (AvgIpc) is 3.12. The Morgan fingerprint density at radius 1 is 0.481 bits per heavy atom. The summed E-state index contributed by atoms with van der Waals surface area (Å²) in [5, 5.41) is 16.6. The van der Waals surface area contributed by atoms with E-state index in [4.69, 9.17) is 17.2 Å². The molecule has 312 valence electrons. The number of carbonyl (C=O) groups is 7. The number of primary amides is 1. The maximum atomic E-state index is 14.0. The predicted octanol–water partition coefficient (Wildman–Crippen LogP) is 0.843. The fourth-order valence-electron chi connectivity index (χ4n) is 5.87. The zero-order valence-electron chi connectivity index (χ0n) is 34.3. The summed E-state index contributed by atoms with van der Waals surface area (Å²) >= 11 is 0. The van der Waals surface area contributed by atoms with Gasteiger partial charge in [-0.1, -0.05) is 74.7 Å². The molecule has 7 amide bonds. The molecule has 0 heterocycles. The highest BCUT2D eigenvalue weighted by molar-refractivity contribution is 5.97. The maximum absolute atomic E-state index is 14.0. The number of nitrogens with one attached hydrogen (secondary N) is 6. The summed E-state index contributed by atoms with van der Waals surface area (Å²) in [7, 11) is 0. The molecule has 0 saturated heterocycles. The molecule has 0 saturated carbocycles. The van der Waals surface area contributed by atoms with Gasteiger partial charge in [-0.25, -0.2) is 0 Å². The largest absolute Gasteiger partial charge is 0.368 e. The van der Waals surface area contributed by atoms with E-state index in [1.807, 2.05) is 41.5 Å². The van der Waals surface area contributed by atoms with Crippen LogP contribution in [0.4, 0.5) is 0 Å². The van der Waals surface area contributed by atoms with E-state index in [0.29, 0.717) is 70.9 Å².